The Kier molecular flexibility index (Phi) is 4.81. The van der Waals surface area contributed by atoms with Crippen molar-refractivity contribution in [3.05, 3.63) is 58.0 Å². The van der Waals surface area contributed by atoms with Crippen LogP contribution in [0.15, 0.2) is 41.8 Å². The fourth-order valence-electron chi connectivity index (χ4n) is 3.57. The van der Waals surface area contributed by atoms with Crippen molar-refractivity contribution < 1.29 is 4.90 Å². The molecule has 0 radical (unpaired) electrons. The van der Waals surface area contributed by atoms with Gasteiger partial charge in [-0.3, -0.25) is 0 Å². The predicted octanol–water partition coefficient (Wildman–Crippen LogP) is 2.49. The molecule has 1 fully saturated rings. The zero-order valence-electron chi connectivity index (χ0n) is 14.8. The third-order valence-electron chi connectivity index (χ3n) is 4.85. The maximum Gasteiger partial charge on any atom is 0.232 e. The molecular weight excluding hydrogens is 344 g/mol. The molecule has 3 aromatic rings. The zero-order chi connectivity index (χ0) is 17.9. The van der Waals surface area contributed by atoms with Gasteiger partial charge in [0, 0.05) is 18.5 Å². The second-order valence-electron chi connectivity index (χ2n) is 6.67. The highest BCUT2D eigenvalue weighted by molar-refractivity contribution is 7.10. The van der Waals surface area contributed by atoms with Gasteiger partial charge in [-0.15, -0.1) is 11.3 Å². The summed E-state index contributed by atoms with van der Waals surface area (Å²) in [6, 6.07) is 12.9. The van der Waals surface area contributed by atoms with E-state index in [1.165, 1.54) is 22.6 Å². The minimum absolute atomic E-state index is 0.261. The Bertz CT molecular complexity index is 879. The lowest BCUT2D eigenvalue weighted by atomic mass is 10.2. The van der Waals surface area contributed by atoms with Crippen molar-refractivity contribution in [3.63, 3.8) is 0 Å². The molecule has 2 aromatic heterocycles. The number of aromatic nitrogens is 3. The van der Waals surface area contributed by atoms with E-state index in [-0.39, 0.29) is 5.95 Å². The lowest BCUT2D eigenvalue weighted by Crippen LogP contribution is -3.09. The number of quaternary nitrogens is 1. The topological polar surface area (TPSA) is 81.2 Å². The maximum atomic E-state index is 5.95. The van der Waals surface area contributed by atoms with Crippen molar-refractivity contribution in [1.29, 1.82) is 0 Å². The van der Waals surface area contributed by atoms with Crippen LogP contribution in [0.25, 0.3) is 0 Å². The minimum Gasteiger partial charge on any atom is -0.368 e. The standard InChI is InChI=1S/C19H22N6S/c1-13-6-2-3-7-14(13)21-19-23-17(22-18(20)24-19)12-25-10-4-8-15(25)16-9-5-11-26-16/h2-3,5-7,9,11,15H,4,8,10,12H2,1H3,(H3,20,21,22,23,24)/p+1/t15-/m0/s1. The van der Waals surface area contributed by atoms with E-state index in [1.807, 2.05) is 42.5 Å². The maximum absolute atomic E-state index is 5.95. The molecule has 0 saturated carbocycles. The lowest BCUT2D eigenvalue weighted by molar-refractivity contribution is -0.932. The molecule has 1 saturated heterocycles. The summed E-state index contributed by atoms with van der Waals surface area (Å²) in [5.74, 6) is 1.51. The summed E-state index contributed by atoms with van der Waals surface area (Å²) >= 11 is 1.83. The molecule has 1 unspecified atom stereocenters. The van der Waals surface area contributed by atoms with Gasteiger partial charge in [0.25, 0.3) is 0 Å². The summed E-state index contributed by atoms with van der Waals surface area (Å²) in [6.45, 7) is 3.94. The van der Waals surface area contributed by atoms with E-state index in [0.29, 0.717) is 12.0 Å². The number of likely N-dealkylation sites (tertiary alicyclic amines) is 1. The van der Waals surface area contributed by atoms with E-state index in [1.54, 1.807) is 0 Å². The molecular formula is C19H23N6S+. The second kappa shape index (κ2) is 7.39. The van der Waals surface area contributed by atoms with E-state index in [2.05, 4.69) is 37.8 Å². The fraction of sp³-hybridized carbons (Fsp3) is 0.316. The number of thiophene rings is 1. The van der Waals surface area contributed by atoms with Gasteiger partial charge in [-0.25, -0.2) is 0 Å². The highest BCUT2D eigenvalue weighted by Crippen LogP contribution is 2.24. The molecule has 0 amide bonds. The van der Waals surface area contributed by atoms with Crippen LogP contribution in [0, 0.1) is 6.92 Å². The normalized spacial score (nSPS) is 19.6. The summed E-state index contributed by atoms with van der Waals surface area (Å²) in [7, 11) is 0. The first-order valence-corrected chi connectivity index (χ1v) is 9.78. The number of hydrogen-bond acceptors (Lipinski definition) is 6. The van der Waals surface area contributed by atoms with Gasteiger partial charge < -0.3 is 16.0 Å². The van der Waals surface area contributed by atoms with Crippen LogP contribution in [0.5, 0.6) is 0 Å². The fourth-order valence-corrected chi connectivity index (χ4v) is 4.49. The van der Waals surface area contributed by atoms with E-state index >= 15 is 0 Å². The zero-order valence-corrected chi connectivity index (χ0v) is 15.6. The number of nitrogens with zero attached hydrogens (tertiary/aromatic N) is 3. The molecule has 26 heavy (non-hydrogen) atoms. The van der Waals surface area contributed by atoms with E-state index in [9.17, 15) is 0 Å². The second-order valence-corrected chi connectivity index (χ2v) is 7.65. The van der Waals surface area contributed by atoms with Crippen LogP contribution in [-0.2, 0) is 6.54 Å². The van der Waals surface area contributed by atoms with E-state index < -0.39 is 0 Å². The van der Waals surface area contributed by atoms with Gasteiger partial charge in [0.05, 0.1) is 11.4 Å². The molecule has 7 heteroatoms. The number of nitrogens with one attached hydrogen (secondary N) is 2. The van der Waals surface area contributed by atoms with Gasteiger partial charge in [-0.05, 0) is 30.0 Å². The first kappa shape index (κ1) is 16.9. The van der Waals surface area contributed by atoms with Crippen LogP contribution in [0.1, 0.15) is 35.1 Å². The van der Waals surface area contributed by atoms with Crippen LogP contribution >= 0.6 is 11.3 Å². The van der Waals surface area contributed by atoms with Crippen molar-refractivity contribution in [2.75, 3.05) is 17.6 Å². The average Bonchev–Trinajstić information content (AvgIpc) is 3.27. The van der Waals surface area contributed by atoms with Gasteiger partial charge in [0.15, 0.2) is 5.82 Å². The van der Waals surface area contributed by atoms with Crippen molar-refractivity contribution in [2.45, 2.75) is 32.4 Å². The van der Waals surface area contributed by atoms with Crippen molar-refractivity contribution in [1.82, 2.24) is 15.0 Å². The number of hydrogen-bond donors (Lipinski definition) is 3. The molecule has 6 nitrogen and oxygen atoms in total. The van der Waals surface area contributed by atoms with Crippen molar-refractivity contribution in [3.8, 4) is 0 Å². The quantitative estimate of drug-likeness (QED) is 0.645. The van der Waals surface area contributed by atoms with Crippen LogP contribution in [0.4, 0.5) is 17.6 Å². The third-order valence-corrected chi connectivity index (χ3v) is 5.83. The molecule has 4 rings (SSSR count). The largest absolute Gasteiger partial charge is 0.368 e. The first-order valence-electron chi connectivity index (χ1n) is 8.90. The summed E-state index contributed by atoms with van der Waals surface area (Å²) in [5, 5.41) is 5.42. The Balaban J connectivity index is 1.54. The number of nitrogens with two attached hydrogens (primary N) is 1. The Morgan fingerprint density at radius 3 is 2.88 bits per heavy atom. The number of rotatable bonds is 5. The highest BCUT2D eigenvalue weighted by atomic mass is 32.1. The predicted molar refractivity (Wildman–Crippen MR) is 105 cm³/mol. The number of nitrogen functional groups attached to an aromatic ring is 1. The lowest BCUT2D eigenvalue weighted by Gasteiger charge is -2.20. The molecule has 0 aliphatic carbocycles. The van der Waals surface area contributed by atoms with E-state index in [4.69, 9.17) is 5.73 Å². The van der Waals surface area contributed by atoms with Gasteiger partial charge in [-0.1, -0.05) is 24.3 Å². The summed E-state index contributed by atoms with van der Waals surface area (Å²) in [5.41, 5.74) is 8.06. The number of para-hydroxylation sites is 1. The van der Waals surface area contributed by atoms with Crippen molar-refractivity contribution in [2.24, 2.45) is 0 Å². The average molecular weight is 368 g/mol. The molecule has 4 N–H and O–H groups in total. The molecule has 1 aliphatic rings. The summed E-state index contributed by atoms with van der Waals surface area (Å²) in [4.78, 5) is 16.2. The molecule has 2 atom stereocenters. The molecule has 1 aliphatic heterocycles. The highest BCUT2D eigenvalue weighted by Gasteiger charge is 2.31. The van der Waals surface area contributed by atoms with Gasteiger partial charge >= 0.3 is 0 Å². The van der Waals surface area contributed by atoms with Gasteiger partial charge in [0.1, 0.15) is 12.6 Å². The minimum atomic E-state index is 0.261. The van der Waals surface area contributed by atoms with Crippen LogP contribution in [0.2, 0.25) is 0 Å². The Hall–Kier alpha value is -2.51. The summed E-state index contributed by atoms with van der Waals surface area (Å²) in [6.07, 6.45) is 2.44. The summed E-state index contributed by atoms with van der Waals surface area (Å²) < 4.78 is 0. The Labute approximate surface area is 157 Å². The van der Waals surface area contributed by atoms with E-state index in [0.717, 1.165) is 30.2 Å². The number of aryl methyl sites for hydroxylation is 1. The SMILES string of the molecule is Cc1ccccc1Nc1nc(N)nc(C[NH+]2CCC[C@H]2c2cccs2)n1. The molecule has 134 valence electrons. The Morgan fingerprint density at radius 2 is 2.08 bits per heavy atom. The number of benzene rings is 1. The van der Waals surface area contributed by atoms with Gasteiger partial charge in [-0.2, -0.15) is 15.0 Å². The first-order chi connectivity index (χ1) is 12.7. The van der Waals surface area contributed by atoms with Crippen LogP contribution in [0.3, 0.4) is 0 Å². The van der Waals surface area contributed by atoms with Crippen LogP contribution < -0.4 is 16.0 Å². The van der Waals surface area contributed by atoms with Gasteiger partial charge in [0.2, 0.25) is 11.9 Å². The number of anilines is 3. The third kappa shape index (κ3) is 3.68. The van der Waals surface area contributed by atoms with Crippen LogP contribution in [-0.4, -0.2) is 21.5 Å². The Morgan fingerprint density at radius 1 is 1.19 bits per heavy atom. The molecule has 0 bridgehead atoms. The van der Waals surface area contributed by atoms with Crippen molar-refractivity contribution >= 4 is 28.9 Å². The molecule has 1 aromatic carbocycles. The smallest absolute Gasteiger partial charge is 0.232 e. The molecule has 0 spiro atoms. The molecule has 3 heterocycles. The monoisotopic (exact) mass is 367 g/mol.